The van der Waals surface area contributed by atoms with Gasteiger partial charge in [-0.2, -0.15) is 0 Å². The van der Waals surface area contributed by atoms with Crippen LogP contribution in [0.5, 0.6) is 0 Å². The minimum absolute atomic E-state index is 0.493. The Labute approximate surface area is 135 Å². The molecule has 0 radical (unpaired) electrons. The van der Waals surface area contributed by atoms with Crippen LogP contribution in [0, 0.1) is 0 Å². The molecule has 0 unspecified atom stereocenters. The lowest BCUT2D eigenvalue weighted by Crippen LogP contribution is -2.41. The second-order valence-corrected chi connectivity index (χ2v) is 6.55. The van der Waals surface area contributed by atoms with Crippen LogP contribution in [0.1, 0.15) is 37.8 Å². The molecule has 0 bridgehead atoms. The number of rotatable bonds is 4. The van der Waals surface area contributed by atoms with Gasteiger partial charge in [0.2, 0.25) is 0 Å². The Kier molecular flexibility index (Phi) is 5.06. The molecule has 1 aromatic heterocycles. The van der Waals surface area contributed by atoms with Gasteiger partial charge in [-0.25, -0.2) is 9.98 Å². The van der Waals surface area contributed by atoms with Crippen molar-refractivity contribution in [1.82, 2.24) is 10.3 Å². The lowest BCUT2D eigenvalue weighted by Gasteiger charge is -2.23. The van der Waals surface area contributed by atoms with E-state index in [1.807, 2.05) is 18.2 Å². The van der Waals surface area contributed by atoms with Crippen molar-refractivity contribution < 1.29 is 0 Å². The standard InChI is InChI=1S/C17H22N4S/c18-17(21-14-9-5-2-6-10-14)19-11-15-12-22-16(20-15)13-7-3-1-4-8-13/h1,3-4,7-8,12,14H,2,5-6,9-11H2,(H3,18,19,21). The molecular formula is C17H22N4S. The quantitative estimate of drug-likeness (QED) is 0.670. The first-order valence-electron chi connectivity index (χ1n) is 7.87. The van der Waals surface area contributed by atoms with E-state index >= 15 is 0 Å². The van der Waals surface area contributed by atoms with Crippen LogP contribution in [0.25, 0.3) is 10.6 Å². The molecule has 3 rings (SSSR count). The lowest BCUT2D eigenvalue weighted by molar-refractivity contribution is 0.412. The zero-order valence-corrected chi connectivity index (χ0v) is 13.5. The first kappa shape index (κ1) is 15.0. The van der Waals surface area contributed by atoms with E-state index in [9.17, 15) is 0 Å². The number of hydrogen-bond donors (Lipinski definition) is 2. The first-order chi connectivity index (χ1) is 10.8. The average molecular weight is 314 g/mol. The number of guanidine groups is 1. The zero-order chi connectivity index (χ0) is 15.2. The Hall–Kier alpha value is -1.88. The van der Waals surface area contributed by atoms with Crippen LogP contribution in [0.3, 0.4) is 0 Å². The second kappa shape index (κ2) is 7.40. The molecule has 116 valence electrons. The number of aromatic nitrogens is 1. The van der Waals surface area contributed by atoms with Gasteiger partial charge in [0, 0.05) is 17.0 Å². The number of benzene rings is 1. The van der Waals surface area contributed by atoms with Crippen LogP contribution in [0.2, 0.25) is 0 Å². The van der Waals surface area contributed by atoms with Crippen LogP contribution >= 0.6 is 11.3 Å². The highest BCUT2D eigenvalue weighted by molar-refractivity contribution is 7.13. The van der Waals surface area contributed by atoms with Crippen molar-refractivity contribution in [2.24, 2.45) is 10.7 Å². The van der Waals surface area contributed by atoms with Crippen LogP contribution in [0.4, 0.5) is 0 Å². The van der Waals surface area contributed by atoms with Gasteiger partial charge in [-0.05, 0) is 12.8 Å². The second-order valence-electron chi connectivity index (χ2n) is 5.69. The summed E-state index contributed by atoms with van der Waals surface area (Å²) in [4.78, 5) is 9.05. The molecular weight excluding hydrogens is 292 g/mol. The lowest BCUT2D eigenvalue weighted by atomic mass is 9.96. The summed E-state index contributed by atoms with van der Waals surface area (Å²) in [5, 5.41) is 6.42. The molecule has 3 N–H and O–H groups in total. The Morgan fingerprint density at radius 2 is 2.00 bits per heavy atom. The Morgan fingerprint density at radius 1 is 1.23 bits per heavy atom. The number of hydrogen-bond acceptors (Lipinski definition) is 3. The van der Waals surface area contributed by atoms with Gasteiger partial charge in [-0.15, -0.1) is 11.3 Å². The van der Waals surface area contributed by atoms with Gasteiger partial charge in [-0.1, -0.05) is 49.6 Å². The maximum absolute atomic E-state index is 5.98. The Morgan fingerprint density at radius 3 is 2.77 bits per heavy atom. The highest BCUT2D eigenvalue weighted by Crippen LogP contribution is 2.23. The Balaban J connectivity index is 1.57. The normalized spacial score (nSPS) is 16.6. The van der Waals surface area contributed by atoms with Gasteiger partial charge in [0.25, 0.3) is 0 Å². The third-order valence-corrected chi connectivity index (χ3v) is 4.88. The van der Waals surface area contributed by atoms with E-state index < -0.39 is 0 Å². The molecule has 1 saturated carbocycles. The molecule has 4 nitrogen and oxygen atoms in total. The van der Waals surface area contributed by atoms with E-state index in [1.165, 1.54) is 32.1 Å². The molecule has 1 fully saturated rings. The predicted molar refractivity (Wildman–Crippen MR) is 92.9 cm³/mol. The third-order valence-electron chi connectivity index (χ3n) is 3.94. The molecule has 5 heteroatoms. The zero-order valence-electron chi connectivity index (χ0n) is 12.7. The molecule has 0 amide bonds. The fourth-order valence-corrected chi connectivity index (χ4v) is 3.58. The topological polar surface area (TPSA) is 63.3 Å². The summed E-state index contributed by atoms with van der Waals surface area (Å²) in [6.07, 6.45) is 6.32. The number of thiazole rings is 1. The number of nitrogens with zero attached hydrogens (tertiary/aromatic N) is 2. The molecule has 1 aliphatic carbocycles. The van der Waals surface area contributed by atoms with Crippen LogP contribution in [-0.4, -0.2) is 17.0 Å². The molecule has 2 aromatic rings. The van der Waals surface area contributed by atoms with Gasteiger partial charge in [0.1, 0.15) is 5.01 Å². The van der Waals surface area contributed by atoms with Gasteiger partial charge < -0.3 is 11.1 Å². The van der Waals surface area contributed by atoms with Crippen LogP contribution in [0.15, 0.2) is 40.7 Å². The summed E-state index contributed by atoms with van der Waals surface area (Å²) in [5.74, 6) is 0.543. The minimum atomic E-state index is 0.493. The van der Waals surface area contributed by atoms with E-state index in [2.05, 4.69) is 32.8 Å². The molecule has 0 saturated heterocycles. The molecule has 0 atom stereocenters. The Bertz CT molecular complexity index is 615. The molecule has 1 aliphatic rings. The van der Waals surface area contributed by atoms with Crippen molar-refractivity contribution in [3.05, 3.63) is 41.4 Å². The van der Waals surface area contributed by atoms with Crippen molar-refractivity contribution in [1.29, 1.82) is 0 Å². The maximum Gasteiger partial charge on any atom is 0.189 e. The fraction of sp³-hybridized carbons (Fsp3) is 0.412. The van der Waals surface area contributed by atoms with Gasteiger partial charge in [0.05, 0.1) is 12.2 Å². The number of nitrogens with two attached hydrogens (primary N) is 1. The highest BCUT2D eigenvalue weighted by Gasteiger charge is 2.13. The molecule has 1 heterocycles. The summed E-state index contributed by atoms with van der Waals surface area (Å²) in [5.41, 5.74) is 8.10. The molecule has 22 heavy (non-hydrogen) atoms. The predicted octanol–water partition coefficient (Wildman–Crippen LogP) is 3.55. The van der Waals surface area contributed by atoms with Crippen molar-refractivity contribution >= 4 is 17.3 Å². The van der Waals surface area contributed by atoms with E-state index in [0.717, 1.165) is 16.3 Å². The van der Waals surface area contributed by atoms with E-state index in [0.29, 0.717) is 18.5 Å². The summed E-state index contributed by atoms with van der Waals surface area (Å²) in [7, 11) is 0. The van der Waals surface area contributed by atoms with E-state index in [-0.39, 0.29) is 0 Å². The average Bonchev–Trinajstić information content (AvgIpc) is 3.04. The van der Waals surface area contributed by atoms with Crippen molar-refractivity contribution in [2.45, 2.75) is 44.7 Å². The summed E-state index contributed by atoms with van der Waals surface area (Å²) in [6.45, 7) is 0.537. The highest BCUT2D eigenvalue weighted by atomic mass is 32.1. The molecule has 0 spiro atoms. The van der Waals surface area contributed by atoms with Crippen molar-refractivity contribution in [3.8, 4) is 10.6 Å². The first-order valence-corrected chi connectivity index (χ1v) is 8.75. The minimum Gasteiger partial charge on any atom is -0.370 e. The van der Waals surface area contributed by atoms with Crippen LogP contribution < -0.4 is 11.1 Å². The van der Waals surface area contributed by atoms with Gasteiger partial charge in [0.15, 0.2) is 5.96 Å². The summed E-state index contributed by atoms with van der Waals surface area (Å²) < 4.78 is 0. The number of aliphatic imine (C=N–C) groups is 1. The van der Waals surface area contributed by atoms with Crippen molar-refractivity contribution in [2.75, 3.05) is 0 Å². The SMILES string of the molecule is NC(=NCc1csc(-c2ccccc2)n1)NC1CCCCC1. The largest absolute Gasteiger partial charge is 0.370 e. The van der Waals surface area contributed by atoms with Gasteiger partial charge in [-0.3, -0.25) is 0 Å². The third kappa shape index (κ3) is 4.07. The van der Waals surface area contributed by atoms with E-state index in [4.69, 9.17) is 5.73 Å². The smallest absolute Gasteiger partial charge is 0.189 e. The molecule has 1 aromatic carbocycles. The van der Waals surface area contributed by atoms with E-state index in [1.54, 1.807) is 11.3 Å². The molecule has 0 aliphatic heterocycles. The summed E-state index contributed by atoms with van der Waals surface area (Å²) in [6, 6.07) is 10.7. The summed E-state index contributed by atoms with van der Waals surface area (Å²) >= 11 is 1.65. The maximum atomic E-state index is 5.98. The van der Waals surface area contributed by atoms with Gasteiger partial charge >= 0.3 is 0 Å². The number of nitrogens with one attached hydrogen (secondary N) is 1. The van der Waals surface area contributed by atoms with Crippen molar-refractivity contribution in [3.63, 3.8) is 0 Å². The monoisotopic (exact) mass is 314 g/mol. The fourth-order valence-electron chi connectivity index (χ4n) is 2.76. The van der Waals surface area contributed by atoms with Crippen LogP contribution in [-0.2, 0) is 6.54 Å².